The third-order valence-electron chi connectivity index (χ3n) is 5.02. The van der Waals surface area contributed by atoms with E-state index in [1.54, 1.807) is 24.3 Å². The fourth-order valence-corrected chi connectivity index (χ4v) is 4.51. The van der Waals surface area contributed by atoms with Gasteiger partial charge in [0.1, 0.15) is 17.0 Å². The Hall–Kier alpha value is -3.69. The third kappa shape index (κ3) is 5.27. The SMILES string of the molecule is COc1ccc(C)cc1NC(=O)CNC(=O)Cn1cnc2cc(-c3ccc(Cl)cc3)sc2c1=O. The molecule has 0 bridgehead atoms. The van der Waals surface area contributed by atoms with Crippen LogP contribution in [0.25, 0.3) is 20.7 Å². The number of anilines is 1. The van der Waals surface area contributed by atoms with Gasteiger partial charge in [-0.1, -0.05) is 29.8 Å². The molecule has 0 radical (unpaired) electrons. The number of aromatic nitrogens is 2. The monoisotopic (exact) mass is 496 g/mol. The van der Waals surface area contributed by atoms with Crippen molar-refractivity contribution in [3.05, 3.63) is 75.8 Å². The molecule has 0 aliphatic heterocycles. The molecule has 0 unspecified atom stereocenters. The summed E-state index contributed by atoms with van der Waals surface area (Å²) in [5, 5.41) is 5.87. The number of nitrogens with zero attached hydrogens (tertiary/aromatic N) is 2. The average Bonchev–Trinajstić information content (AvgIpc) is 3.25. The molecule has 2 amide bonds. The van der Waals surface area contributed by atoms with Gasteiger partial charge < -0.3 is 15.4 Å². The fraction of sp³-hybridized carbons (Fsp3) is 0.167. The van der Waals surface area contributed by atoms with Gasteiger partial charge in [0, 0.05) is 9.90 Å². The zero-order valence-electron chi connectivity index (χ0n) is 18.4. The number of methoxy groups -OCH3 is 1. The van der Waals surface area contributed by atoms with Crippen LogP contribution in [0, 0.1) is 6.92 Å². The van der Waals surface area contributed by atoms with Crippen LogP contribution >= 0.6 is 22.9 Å². The molecule has 10 heteroatoms. The zero-order valence-corrected chi connectivity index (χ0v) is 20.0. The predicted octanol–water partition coefficient (Wildman–Crippen LogP) is 3.85. The Bertz CT molecular complexity index is 1430. The van der Waals surface area contributed by atoms with Crippen molar-refractivity contribution >= 4 is 50.7 Å². The highest BCUT2D eigenvalue weighted by Gasteiger charge is 2.14. The Labute approximate surface area is 204 Å². The van der Waals surface area contributed by atoms with Crippen molar-refractivity contribution in [3.63, 3.8) is 0 Å². The summed E-state index contributed by atoms with van der Waals surface area (Å²) in [5.41, 5.74) is 2.63. The van der Waals surface area contributed by atoms with Gasteiger partial charge in [-0.3, -0.25) is 19.0 Å². The van der Waals surface area contributed by atoms with Crippen molar-refractivity contribution in [2.45, 2.75) is 13.5 Å². The van der Waals surface area contributed by atoms with Crippen LogP contribution in [0.15, 0.2) is 59.7 Å². The average molecular weight is 497 g/mol. The summed E-state index contributed by atoms with van der Waals surface area (Å²) in [5.74, 6) is -0.377. The van der Waals surface area contributed by atoms with Gasteiger partial charge in [0.25, 0.3) is 5.56 Å². The second kappa shape index (κ2) is 10.1. The molecule has 174 valence electrons. The molecule has 0 spiro atoms. The smallest absolute Gasteiger partial charge is 0.271 e. The van der Waals surface area contributed by atoms with Crippen LogP contribution in [0.5, 0.6) is 5.75 Å². The zero-order chi connectivity index (χ0) is 24.2. The first kappa shape index (κ1) is 23.5. The van der Waals surface area contributed by atoms with Crippen molar-refractivity contribution in [1.82, 2.24) is 14.9 Å². The minimum Gasteiger partial charge on any atom is -0.495 e. The lowest BCUT2D eigenvalue weighted by Crippen LogP contribution is -2.37. The number of amides is 2. The normalized spacial score (nSPS) is 10.8. The number of carbonyl (C=O) groups excluding carboxylic acids is 2. The van der Waals surface area contributed by atoms with Crippen LogP contribution in [0.1, 0.15) is 5.56 Å². The Morgan fingerprint density at radius 3 is 2.62 bits per heavy atom. The minimum atomic E-state index is -0.482. The van der Waals surface area contributed by atoms with E-state index in [2.05, 4.69) is 15.6 Å². The molecule has 0 saturated carbocycles. The topological polar surface area (TPSA) is 102 Å². The molecule has 4 aromatic rings. The van der Waals surface area contributed by atoms with Crippen molar-refractivity contribution < 1.29 is 14.3 Å². The maximum atomic E-state index is 12.9. The van der Waals surface area contributed by atoms with E-state index in [0.29, 0.717) is 26.7 Å². The van der Waals surface area contributed by atoms with E-state index in [0.717, 1.165) is 16.0 Å². The van der Waals surface area contributed by atoms with Gasteiger partial charge in [-0.2, -0.15) is 0 Å². The number of carbonyl (C=O) groups is 2. The number of benzene rings is 2. The Kier molecular flexibility index (Phi) is 6.95. The van der Waals surface area contributed by atoms with Crippen LogP contribution in [0.4, 0.5) is 5.69 Å². The molecule has 0 atom stereocenters. The molecule has 34 heavy (non-hydrogen) atoms. The predicted molar refractivity (Wildman–Crippen MR) is 134 cm³/mol. The van der Waals surface area contributed by atoms with Gasteiger partial charge in [-0.25, -0.2) is 4.98 Å². The van der Waals surface area contributed by atoms with Gasteiger partial charge in [0.2, 0.25) is 11.8 Å². The lowest BCUT2D eigenvalue weighted by molar-refractivity contribution is -0.124. The molecule has 0 aliphatic rings. The molecular weight excluding hydrogens is 476 g/mol. The molecule has 0 saturated heterocycles. The highest BCUT2D eigenvalue weighted by atomic mass is 35.5. The number of nitrogens with one attached hydrogen (secondary N) is 2. The van der Waals surface area contributed by atoms with Crippen LogP contribution in [0.2, 0.25) is 5.02 Å². The minimum absolute atomic E-state index is 0.250. The number of thiophene rings is 1. The number of ether oxygens (including phenoxy) is 1. The van der Waals surface area contributed by atoms with Crippen molar-refractivity contribution in [3.8, 4) is 16.2 Å². The molecule has 2 aromatic carbocycles. The van der Waals surface area contributed by atoms with Crippen LogP contribution < -0.4 is 20.9 Å². The molecule has 0 fully saturated rings. The highest BCUT2D eigenvalue weighted by Crippen LogP contribution is 2.31. The van der Waals surface area contributed by atoms with E-state index in [1.807, 2.05) is 31.2 Å². The second-order valence-corrected chi connectivity index (χ2v) is 9.03. The Morgan fingerprint density at radius 2 is 1.88 bits per heavy atom. The van der Waals surface area contributed by atoms with E-state index >= 15 is 0 Å². The first-order valence-electron chi connectivity index (χ1n) is 10.3. The maximum Gasteiger partial charge on any atom is 0.271 e. The molecule has 4 rings (SSSR count). The maximum absolute atomic E-state index is 12.9. The van der Waals surface area contributed by atoms with E-state index in [1.165, 1.54) is 29.3 Å². The lowest BCUT2D eigenvalue weighted by Gasteiger charge is -2.11. The first-order chi connectivity index (χ1) is 16.3. The number of hydrogen-bond donors (Lipinski definition) is 2. The summed E-state index contributed by atoms with van der Waals surface area (Å²) in [4.78, 5) is 42.7. The van der Waals surface area contributed by atoms with E-state index in [-0.39, 0.29) is 18.6 Å². The van der Waals surface area contributed by atoms with Gasteiger partial charge in [-0.15, -0.1) is 11.3 Å². The van der Waals surface area contributed by atoms with E-state index in [4.69, 9.17) is 16.3 Å². The quantitative estimate of drug-likeness (QED) is 0.404. The molecule has 0 aliphatic carbocycles. The number of halogens is 1. The third-order valence-corrected chi connectivity index (χ3v) is 6.43. The van der Waals surface area contributed by atoms with Crippen LogP contribution in [-0.2, 0) is 16.1 Å². The Morgan fingerprint density at radius 1 is 1.12 bits per heavy atom. The Balaban J connectivity index is 1.41. The summed E-state index contributed by atoms with van der Waals surface area (Å²) in [7, 11) is 1.51. The molecular formula is C24H21ClN4O4S. The summed E-state index contributed by atoms with van der Waals surface area (Å²) in [6, 6.07) is 14.5. The summed E-state index contributed by atoms with van der Waals surface area (Å²) >= 11 is 7.25. The van der Waals surface area contributed by atoms with E-state index in [9.17, 15) is 14.4 Å². The van der Waals surface area contributed by atoms with Crippen molar-refractivity contribution in [2.24, 2.45) is 0 Å². The number of aryl methyl sites for hydroxylation is 1. The molecule has 2 N–H and O–H groups in total. The lowest BCUT2D eigenvalue weighted by atomic mass is 10.2. The van der Waals surface area contributed by atoms with Gasteiger partial charge >= 0.3 is 0 Å². The molecule has 8 nitrogen and oxygen atoms in total. The van der Waals surface area contributed by atoms with Crippen molar-refractivity contribution in [1.29, 1.82) is 0 Å². The number of fused-ring (bicyclic) bond motifs is 1. The standard InChI is InChI=1S/C24H21ClN4O4S/c1-14-3-8-19(33-2)17(9-14)28-21(30)11-26-22(31)12-29-13-27-18-10-20(34-23(18)24(29)32)15-4-6-16(25)7-5-15/h3-10,13H,11-12H2,1-2H3,(H,26,31)(H,28,30). The fourth-order valence-electron chi connectivity index (χ4n) is 3.32. The van der Waals surface area contributed by atoms with E-state index < -0.39 is 11.8 Å². The highest BCUT2D eigenvalue weighted by molar-refractivity contribution is 7.22. The number of hydrogen-bond acceptors (Lipinski definition) is 6. The van der Waals surface area contributed by atoms with Crippen LogP contribution in [0.3, 0.4) is 0 Å². The van der Waals surface area contributed by atoms with Gasteiger partial charge in [0.15, 0.2) is 0 Å². The van der Waals surface area contributed by atoms with Gasteiger partial charge in [0.05, 0.1) is 31.2 Å². The summed E-state index contributed by atoms with van der Waals surface area (Å²) in [6.07, 6.45) is 1.33. The largest absolute Gasteiger partial charge is 0.495 e. The first-order valence-corrected chi connectivity index (χ1v) is 11.5. The van der Waals surface area contributed by atoms with Crippen molar-refractivity contribution in [2.75, 3.05) is 19.0 Å². The second-order valence-electron chi connectivity index (χ2n) is 7.54. The molecule has 2 heterocycles. The van der Waals surface area contributed by atoms with Gasteiger partial charge in [-0.05, 0) is 48.4 Å². The summed E-state index contributed by atoms with van der Waals surface area (Å²) in [6.45, 7) is 1.39. The number of rotatable bonds is 7. The summed E-state index contributed by atoms with van der Waals surface area (Å²) < 4.78 is 6.91. The van der Waals surface area contributed by atoms with Crippen LogP contribution in [-0.4, -0.2) is 35.0 Å². The molecule has 2 aromatic heterocycles.